The predicted octanol–water partition coefficient (Wildman–Crippen LogP) is 4.70. The molecule has 0 aliphatic heterocycles. The molecule has 0 spiro atoms. The van der Waals surface area contributed by atoms with Crippen LogP contribution in [0.5, 0.6) is 0 Å². The molecule has 0 atom stereocenters. The van der Waals surface area contributed by atoms with Crippen molar-refractivity contribution in [2.75, 3.05) is 0 Å². The van der Waals surface area contributed by atoms with Gasteiger partial charge in [0.1, 0.15) is 6.33 Å². The van der Waals surface area contributed by atoms with Crippen molar-refractivity contribution in [3.8, 4) is 16.9 Å². The molecule has 4 rings (SSSR count). The maximum absolute atomic E-state index is 10.8. The number of aromatic nitrogens is 4. The van der Waals surface area contributed by atoms with E-state index in [1.165, 1.54) is 18.5 Å². The second-order valence-electron chi connectivity index (χ2n) is 5.45. The molecule has 128 valence electrons. The molecule has 0 saturated carbocycles. The van der Waals surface area contributed by atoms with E-state index >= 15 is 0 Å². The van der Waals surface area contributed by atoms with Crippen LogP contribution in [0.2, 0.25) is 10.0 Å². The molecule has 2 aromatic heterocycles. The van der Waals surface area contributed by atoms with Crippen molar-refractivity contribution < 1.29 is 4.92 Å². The topological polar surface area (TPSA) is 86.7 Å². The molecule has 0 aliphatic rings. The van der Waals surface area contributed by atoms with Crippen molar-refractivity contribution in [3.63, 3.8) is 0 Å². The second kappa shape index (κ2) is 6.36. The number of fused-ring (bicyclic) bond motifs is 1. The van der Waals surface area contributed by atoms with Crippen LogP contribution in [0.1, 0.15) is 0 Å². The van der Waals surface area contributed by atoms with E-state index in [4.69, 9.17) is 23.2 Å². The van der Waals surface area contributed by atoms with Crippen LogP contribution in [0.3, 0.4) is 0 Å². The standard InChI is InChI=1S/C17H9Cl2N5O2/c18-11-1-4-16-14(5-11)17(21-9-20-16)23-8-10(7-22-23)13-3-2-12(24(25)26)6-15(13)19/h1-9H. The Balaban J connectivity index is 1.80. The summed E-state index contributed by atoms with van der Waals surface area (Å²) in [6.45, 7) is 0. The molecule has 0 amide bonds. The average Bonchev–Trinajstić information content (AvgIpc) is 3.10. The molecule has 0 unspecified atom stereocenters. The number of benzene rings is 2. The van der Waals surface area contributed by atoms with Gasteiger partial charge >= 0.3 is 0 Å². The lowest BCUT2D eigenvalue weighted by Gasteiger charge is -2.05. The minimum atomic E-state index is -0.490. The molecule has 0 saturated heterocycles. The summed E-state index contributed by atoms with van der Waals surface area (Å²) >= 11 is 12.3. The third kappa shape index (κ3) is 2.87. The van der Waals surface area contributed by atoms with E-state index in [0.29, 0.717) is 22.0 Å². The molecule has 7 nitrogen and oxygen atoms in total. The van der Waals surface area contributed by atoms with E-state index in [9.17, 15) is 10.1 Å². The zero-order chi connectivity index (χ0) is 18.3. The van der Waals surface area contributed by atoms with Crippen LogP contribution in [0, 0.1) is 10.1 Å². The number of nitro benzene ring substituents is 1. The summed E-state index contributed by atoms with van der Waals surface area (Å²) in [6.07, 6.45) is 4.81. The van der Waals surface area contributed by atoms with Gasteiger partial charge in [-0.25, -0.2) is 14.6 Å². The van der Waals surface area contributed by atoms with Crippen molar-refractivity contribution in [2.24, 2.45) is 0 Å². The van der Waals surface area contributed by atoms with Gasteiger partial charge in [0.15, 0.2) is 5.82 Å². The first-order valence-corrected chi connectivity index (χ1v) is 8.18. The molecule has 9 heteroatoms. The first-order valence-electron chi connectivity index (χ1n) is 7.42. The number of hydrogen-bond acceptors (Lipinski definition) is 5. The van der Waals surface area contributed by atoms with Crippen molar-refractivity contribution in [2.45, 2.75) is 0 Å². The van der Waals surface area contributed by atoms with E-state index < -0.39 is 4.92 Å². The predicted molar refractivity (Wildman–Crippen MR) is 98.8 cm³/mol. The molecule has 0 radical (unpaired) electrons. The van der Waals surface area contributed by atoms with Gasteiger partial charge in [-0.2, -0.15) is 5.10 Å². The van der Waals surface area contributed by atoms with E-state index in [0.717, 1.165) is 10.9 Å². The van der Waals surface area contributed by atoms with Gasteiger partial charge in [-0.05, 0) is 24.3 Å². The quantitative estimate of drug-likeness (QED) is 0.376. The van der Waals surface area contributed by atoms with Gasteiger partial charge in [-0.3, -0.25) is 10.1 Å². The lowest BCUT2D eigenvalue weighted by Crippen LogP contribution is -1.99. The third-order valence-electron chi connectivity index (χ3n) is 3.85. The molecular formula is C17H9Cl2N5O2. The van der Waals surface area contributed by atoms with Gasteiger partial charge in [0.2, 0.25) is 0 Å². The van der Waals surface area contributed by atoms with Gasteiger partial charge < -0.3 is 0 Å². The fourth-order valence-electron chi connectivity index (χ4n) is 2.63. The molecule has 2 heterocycles. The lowest BCUT2D eigenvalue weighted by molar-refractivity contribution is -0.384. The van der Waals surface area contributed by atoms with Crippen LogP contribution in [0.25, 0.3) is 27.8 Å². The second-order valence-corrected chi connectivity index (χ2v) is 6.30. The first kappa shape index (κ1) is 16.4. The molecular weight excluding hydrogens is 377 g/mol. The highest BCUT2D eigenvalue weighted by Crippen LogP contribution is 2.31. The van der Waals surface area contributed by atoms with Crippen molar-refractivity contribution in [1.82, 2.24) is 19.7 Å². The molecule has 0 fully saturated rings. The number of non-ortho nitro benzene ring substituents is 1. The van der Waals surface area contributed by atoms with E-state index in [-0.39, 0.29) is 10.7 Å². The Morgan fingerprint density at radius 1 is 1.08 bits per heavy atom. The Bertz CT molecular complexity index is 1160. The summed E-state index contributed by atoms with van der Waals surface area (Å²) in [5.74, 6) is 0.571. The van der Waals surface area contributed by atoms with Gasteiger partial charge in [-0.15, -0.1) is 0 Å². The largest absolute Gasteiger partial charge is 0.270 e. The Morgan fingerprint density at radius 2 is 1.92 bits per heavy atom. The van der Waals surface area contributed by atoms with Gasteiger partial charge in [0.05, 0.1) is 21.7 Å². The normalized spacial score (nSPS) is 11.0. The minimum Gasteiger partial charge on any atom is -0.258 e. The van der Waals surface area contributed by atoms with Crippen molar-refractivity contribution in [1.29, 1.82) is 0 Å². The number of halogens is 2. The zero-order valence-electron chi connectivity index (χ0n) is 13.0. The number of nitrogens with zero attached hydrogens (tertiary/aromatic N) is 5. The summed E-state index contributed by atoms with van der Waals surface area (Å²) in [5.41, 5.74) is 2.02. The summed E-state index contributed by atoms with van der Waals surface area (Å²) in [4.78, 5) is 18.9. The van der Waals surface area contributed by atoms with E-state index in [1.807, 2.05) is 0 Å². The monoisotopic (exact) mass is 385 g/mol. The summed E-state index contributed by atoms with van der Waals surface area (Å²) in [7, 11) is 0. The number of nitro groups is 1. The van der Waals surface area contributed by atoms with Gasteiger partial charge in [0, 0.05) is 39.9 Å². The first-order chi connectivity index (χ1) is 12.5. The maximum atomic E-state index is 10.8. The van der Waals surface area contributed by atoms with E-state index in [2.05, 4.69) is 15.1 Å². The highest BCUT2D eigenvalue weighted by molar-refractivity contribution is 6.33. The number of rotatable bonds is 3. The Labute approximate surface area is 157 Å². The summed E-state index contributed by atoms with van der Waals surface area (Å²) in [5, 5.41) is 16.8. The van der Waals surface area contributed by atoms with Crippen molar-refractivity contribution in [3.05, 3.63) is 75.3 Å². The molecule has 0 N–H and O–H groups in total. The lowest BCUT2D eigenvalue weighted by atomic mass is 10.1. The summed E-state index contributed by atoms with van der Waals surface area (Å²) in [6, 6.07) is 9.64. The molecule has 2 aromatic carbocycles. The van der Waals surface area contributed by atoms with Crippen LogP contribution < -0.4 is 0 Å². The van der Waals surface area contributed by atoms with Crippen LogP contribution >= 0.6 is 23.2 Å². The highest BCUT2D eigenvalue weighted by atomic mass is 35.5. The van der Waals surface area contributed by atoms with E-state index in [1.54, 1.807) is 41.3 Å². The zero-order valence-corrected chi connectivity index (χ0v) is 14.5. The summed E-state index contributed by atoms with van der Waals surface area (Å²) < 4.78 is 1.59. The van der Waals surface area contributed by atoms with Crippen molar-refractivity contribution >= 4 is 39.8 Å². The molecule has 4 aromatic rings. The maximum Gasteiger partial charge on any atom is 0.270 e. The third-order valence-corrected chi connectivity index (χ3v) is 4.40. The van der Waals surface area contributed by atoms with Crippen LogP contribution in [-0.2, 0) is 0 Å². The Kier molecular flexibility index (Phi) is 4.02. The fourth-order valence-corrected chi connectivity index (χ4v) is 3.08. The highest BCUT2D eigenvalue weighted by Gasteiger charge is 2.14. The molecule has 0 aliphatic carbocycles. The smallest absolute Gasteiger partial charge is 0.258 e. The molecule has 26 heavy (non-hydrogen) atoms. The van der Waals surface area contributed by atoms with Crippen LogP contribution in [-0.4, -0.2) is 24.7 Å². The molecule has 0 bridgehead atoms. The Morgan fingerprint density at radius 3 is 2.69 bits per heavy atom. The average molecular weight is 386 g/mol. The fraction of sp³-hybridized carbons (Fsp3) is 0. The van der Waals surface area contributed by atoms with Gasteiger partial charge in [-0.1, -0.05) is 23.2 Å². The van der Waals surface area contributed by atoms with Gasteiger partial charge in [0.25, 0.3) is 5.69 Å². The minimum absolute atomic E-state index is 0.0671. The van der Waals surface area contributed by atoms with Crippen LogP contribution in [0.4, 0.5) is 5.69 Å². The Hall–Kier alpha value is -3.03. The number of hydrogen-bond donors (Lipinski definition) is 0. The van der Waals surface area contributed by atoms with Crippen LogP contribution in [0.15, 0.2) is 55.1 Å². The SMILES string of the molecule is O=[N+]([O-])c1ccc(-c2cnn(-c3ncnc4ccc(Cl)cc34)c2)c(Cl)c1.